The van der Waals surface area contributed by atoms with Crippen LogP contribution in [0.1, 0.15) is 34.6 Å². The van der Waals surface area contributed by atoms with Gasteiger partial charge in [-0.15, -0.1) is 11.3 Å². The molecule has 2 aromatic heterocycles. The highest BCUT2D eigenvalue weighted by molar-refractivity contribution is 7.13. The van der Waals surface area contributed by atoms with Gasteiger partial charge in [0.05, 0.1) is 5.69 Å². The second kappa shape index (κ2) is 7.48. The van der Waals surface area contributed by atoms with Crippen molar-refractivity contribution in [3.63, 3.8) is 0 Å². The van der Waals surface area contributed by atoms with Gasteiger partial charge in [-0.05, 0) is 30.5 Å². The van der Waals surface area contributed by atoms with Crippen molar-refractivity contribution in [1.29, 1.82) is 0 Å². The number of benzene rings is 1. The molecule has 3 heterocycles. The van der Waals surface area contributed by atoms with Gasteiger partial charge in [0.1, 0.15) is 5.69 Å². The summed E-state index contributed by atoms with van der Waals surface area (Å²) in [7, 11) is 1.89. The number of rotatable bonds is 4. The first-order valence-electron chi connectivity index (χ1n) is 9.12. The third kappa shape index (κ3) is 3.32. The Morgan fingerprint density at radius 1 is 1.11 bits per heavy atom. The number of piperidine rings is 1. The summed E-state index contributed by atoms with van der Waals surface area (Å²) >= 11 is 1.63. The number of nitrogens with zero attached hydrogens (tertiary/aromatic N) is 3. The van der Waals surface area contributed by atoms with E-state index in [1.54, 1.807) is 23.6 Å². The Balaban J connectivity index is 1.62. The van der Waals surface area contributed by atoms with E-state index < -0.39 is 0 Å². The van der Waals surface area contributed by atoms with Gasteiger partial charge < -0.3 is 10.2 Å². The first kappa shape index (κ1) is 17.7. The SMILES string of the molecule is CNc1nc(C2(c3ccccc3)CCN(C(=O)c3ccccn3)CC2)cs1. The van der Waals surface area contributed by atoms with Crippen molar-refractivity contribution in [2.45, 2.75) is 18.3 Å². The summed E-state index contributed by atoms with van der Waals surface area (Å²) in [5.74, 6) is 0.00598. The number of pyridine rings is 1. The Morgan fingerprint density at radius 3 is 2.48 bits per heavy atom. The van der Waals surface area contributed by atoms with Gasteiger partial charge in [-0.2, -0.15) is 0 Å². The summed E-state index contributed by atoms with van der Waals surface area (Å²) in [6, 6.07) is 16.0. The minimum absolute atomic E-state index is 0.00598. The highest BCUT2D eigenvalue weighted by Crippen LogP contribution is 2.42. The Hall–Kier alpha value is -2.73. The van der Waals surface area contributed by atoms with Crippen LogP contribution in [0.2, 0.25) is 0 Å². The molecule has 1 amide bonds. The molecule has 4 rings (SSSR count). The number of amides is 1. The number of carbonyl (C=O) groups is 1. The lowest BCUT2D eigenvalue weighted by molar-refractivity contribution is 0.0678. The number of hydrogen-bond donors (Lipinski definition) is 1. The number of anilines is 1. The number of carbonyl (C=O) groups excluding carboxylic acids is 1. The monoisotopic (exact) mass is 378 g/mol. The molecule has 6 heteroatoms. The Bertz CT molecular complexity index is 902. The van der Waals surface area contributed by atoms with Crippen LogP contribution in [0.5, 0.6) is 0 Å². The molecule has 5 nitrogen and oxygen atoms in total. The molecule has 0 aliphatic carbocycles. The highest BCUT2D eigenvalue weighted by Gasteiger charge is 2.41. The molecule has 138 valence electrons. The van der Waals surface area contributed by atoms with Crippen molar-refractivity contribution in [2.75, 3.05) is 25.5 Å². The second-order valence-electron chi connectivity index (χ2n) is 6.74. The zero-order valence-corrected chi connectivity index (χ0v) is 16.1. The van der Waals surface area contributed by atoms with Gasteiger partial charge in [0.25, 0.3) is 5.91 Å². The zero-order chi connectivity index (χ0) is 18.7. The predicted octanol–water partition coefficient (Wildman–Crippen LogP) is 3.80. The maximum absolute atomic E-state index is 12.8. The van der Waals surface area contributed by atoms with E-state index in [-0.39, 0.29) is 11.3 Å². The zero-order valence-electron chi connectivity index (χ0n) is 15.3. The molecule has 0 unspecified atom stereocenters. The van der Waals surface area contributed by atoms with Crippen LogP contribution in [0.15, 0.2) is 60.1 Å². The molecule has 0 saturated carbocycles. The van der Waals surface area contributed by atoms with Crippen LogP contribution in [0, 0.1) is 0 Å². The highest BCUT2D eigenvalue weighted by atomic mass is 32.1. The van der Waals surface area contributed by atoms with Crippen LogP contribution in [-0.4, -0.2) is 40.9 Å². The van der Waals surface area contributed by atoms with Crippen molar-refractivity contribution in [1.82, 2.24) is 14.9 Å². The van der Waals surface area contributed by atoms with E-state index in [2.05, 4.69) is 39.9 Å². The van der Waals surface area contributed by atoms with Crippen LogP contribution < -0.4 is 5.32 Å². The summed E-state index contributed by atoms with van der Waals surface area (Å²) in [5.41, 5.74) is 2.71. The topological polar surface area (TPSA) is 58.1 Å². The summed E-state index contributed by atoms with van der Waals surface area (Å²) in [6.45, 7) is 1.38. The number of likely N-dealkylation sites (tertiary alicyclic amines) is 1. The van der Waals surface area contributed by atoms with Crippen LogP contribution in [0.4, 0.5) is 5.13 Å². The van der Waals surface area contributed by atoms with Crippen LogP contribution in [-0.2, 0) is 5.41 Å². The molecule has 27 heavy (non-hydrogen) atoms. The third-order valence-corrected chi connectivity index (χ3v) is 6.18. The van der Waals surface area contributed by atoms with E-state index >= 15 is 0 Å². The maximum Gasteiger partial charge on any atom is 0.272 e. The van der Waals surface area contributed by atoms with Crippen molar-refractivity contribution in [2.24, 2.45) is 0 Å². The van der Waals surface area contributed by atoms with Crippen molar-refractivity contribution in [3.05, 3.63) is 77.1 Å². The molecule has 0 spiro atoms. The molecule has 1 fully saturated rings. The summed E-state index contributed by atoms with van der Waals surface area (Å²) in [5, 5.41) is 6.21. The lowest BCUT2D eigenvalue weighted by atomic mass is 9.70. The molecule has 3 aromatic rings. The minimum atomic E-state index is -0.159. The largest absolute Gasteiger partial charge is 0.365 e. The lowest BCUT2D eigenvalue weighted by Crippen LogP contribution is -2.46. The summed E-state index contributed by atoms with van der Waals surface area (Å²) in [4.78, 5) is 23.7. The van der Waals surface area contributed by atoms with E-state index in [9.17, 15) is 4.79 Å². The lowest BCUT2D eigenvalue weighted by Gasteiger charge is -2.41. The van der Waals surface area contributed by atoms with Gasteiger partial charge in [0, 0.05) is 37.1 Å². The van der Waals surface area contributed by atoms with Gasteiger partial charge in [-0.25, -0.2) is 4.98 Å². The average Bonchev–Trinajstić information content (AvgIpc) is 3.24. The van der Waals surface area contributed by atoms with E-state index in [1.165, 1.54) is 5.56 Å². The summed E-state index contributed by atoms with van der Waals surface area (Å²) in [6.07, 6.45) is 3.37. The first-order chi connectivity index (χ1) is 13.2. The predicted molar refractivity (Wildman–Crippen MR) is 108 cm³/mol. The van der Waals surface area contributed by atoms with Crippen LogP contribution in [0.25, 0.3) is 0 Å². The van der Waals surface area contributed by atoms with E-state index in [4.69, 9.17) is 4.98 Å². The van der Waals surface area contributed by atoms with Gasteiger partial charge >= 0.3 is 0 Å². The van der Waals surface area contributed by atoms with E-state index in [0.717, 1.165) is 23.7 Å². The molecule has 1 N–H and O–H groups in total. The number of nitrogens with one attached hydrogen (secondary N) is 1. The molecule has 1 aromatic carbocycles. The molecule has 1 aliphatic heterocycles. The van der Waals surface area contributed by atoms with Crippen molar-refractivity contribution >= 4 is 22.4 Å². The fraction of sp³-hybridized carbons (Fsp3) is 0.286. The van der Waals surface area contributed by atoms with Crippen LogP contribution >= 0.6 is 11.3 Å². The minimum Gasteiger partial charge on any atom is -0.365 e. The Kier molecular flexibility index (Phi) is 4.90. The average molecular weight is 379 g/mol. The Morgan fingerprint density at radius 2 is 1.85 bits per heavy atom. The molecule has 0 radical (unpaired) electrons. The van der Waals surface area contributed by atoms with Crippen molar-refractivity contribution in [3.8, 4) is 0 Å². The maximum atomic E-state index is 12.8. The molecule has 1 saturated heterocycles. The molecular formula is C21H22N4OS. The number of aromatic nitrogens is 2. The number of hydrogen-bond acceptors (Lipinski definition) is 5. The standard InChI is InChI=1S/C21H22N4OS/c1-22-20-24-18(15-27-20)21(16-7-3-2-4-8-16)10-13-25(14-11-21)19(26)17-9-5-6-12-23-17/h2-9,12,15H,10-11,13-14H2,1H3,(H,22,24). The van der Waals surface area contributed by atoms with Gasteiger partial charge in [0.15, 0.2) is 5.13 Å². The van der Waals surface area contributed by atoms with E-state index in [0.29, 0.717) is 18.8 Å². The van der Waals surface area contributed by atoms with Gasteiger partial charge in [-0.1, -0.05) is 36.4 Å². The van der Waals surface area contributed by atoms with E-state index in [1.807, 2.05) is 30.1 Å². The smallest absolute Gasteiger partial charge is 0.272 e. The number of thiazole rings is 1. The molecule has 1 aliphatic rings. The normalized spacial score (nSPS) is 16.1. The van der Waals surface area contributed by atoms with Gasteiger partial charge in [0.2, 0.25) is 0 Å². The quantitative estimate of drug-likeness (QED) is 0.750. The molecular weight excluding hydrogens is 356 g/mol. The van der Waals surface area contributed by atoms with Gasteiger partial charge in [-0.3, -0.25) is 9.78 Å². The first-order valence-corrected chi connectivity index (χ1v) is 10.0. The van der Waals surface area contributed by atoms with Crippen molar-refractivity contribution < 1.29 is 4.79 Å². The summed E-state index contributed by atoms with van der Waals surface area (Å²) < 4.78 is 0. The third-order valence-electron chi connectivity index (χ3n) is 5.32. The molecule has 0 atom stereocenters. The fourth-order valence-electron chi connectivity index (χ4n) is 3.80. The fourth-order valence-corrected chi connectivity index (χ4v) is 4.57. The second-order valence-corrected chi connectivity index (χ2v) is 7.60. The molecule has 0 bridgehead atoms. The Labute approximate surface area is 163 Å². The van der Waals surface area contributed by atoms with Crippen LogP contribution in [0.3, 0.4) is 0 Å².